The number of ether oxygens (including phenoxy) is 2. The van der Waals surface area contributed by atoms with E-state index in [1.165, 1.54) is 0 Å². The normalized spacial score (nSPS) is 18.2. The first-order chi connectivity index (χ1) is 16.9. The molecule has 0 aromatic heterocycles. The summed E-state index contributed by atoms with van der Waals surface area (Å²) in [6.45, 7) is 4.87. The Bertz CT molecular complexity index is 1080. The van der Waals surface area contributed by atoms with Gasteiger partial charge in [0.15, 0.2) is 0 Å². The summed E-state index contributed by atoms with van der Waals surface area (Å²) in [5, 5.41) is 0. The van der Waals surface area contributed by atoms with Gasteiger partial charge in [0.25, 0.3) is 0 Å². The van der Waals surface area contributed by atoms with Crippen LogP contribution in [0.4, 0.5) is 26.7 Å². The Morgan fingerprint density at radius 1 is 0.944 bits per heavy atom. The van der Waals surface area contributed by atoms with Crippen LogP contribution in [0.1, 0.15) is 39.2 Å². The lowest BCUT2D eigenvalue weighted by molar-refractivity contribution is -0.143. The molecule has 0 bridgehead atoms. The van der Waals surface area contributed by atoms with Crippen LogP contribution in [-0.4, -0.2) is 41.2 Å². The Kier molecular flexibility index (Phi) is 8.51. The second-order valence-electron chi connectivity index (χ2n) is 9.14. The van der Waals surface area contributed by atoms with Crippen molar-refractivity contribution in [2.45, 2.75) is 57.9 Å². The Balaban J connectivity index is 1.75. The van der Waals surface area contributed by atoms with Crippen molar-refractivity contribution in [1.82, 2.24) is 10.4 Å². The van der Waals surface area contributed by atoms with E-state index in [0.717, 1.165) is 10.5 Å². The molecule has 0 aliphatic carbocycles. The van der Waals surface area contributed by atoms with E-state index >= 15 is 0 Å². The van der Waals surface area contributed by atoms with Crippen LogP contribution in [0.3, 0.4) is 0 Å². The average Bonchev–Trinajstić information content (AvgIpc) is 2.83. The summed E-state index contributed by atoms with van der Waals surface area (Å²) in [5.41, 5.74) is 2.74. The first-order valence-electron chi connectivity index (χ1n) is 11.0. The molecule has 1 aliphatic rings. The highest BCUT2D eigenvalue weighted by Crippen LogP contribution is 2.31. The minimum atomic E-state index is -2.39. The van der Waals surface area contributed by atoms with Gasteiger partial charge in [0.05, 0.1) is 12.6 Å². The number of benzene rings is 2. The zero-order valence-electron chi connectivity index (χ0n) is 19.7. The van der Waals surface area contributed by atoms with Crippen LogP contribution >= 0.6 is 0 Å². The highest BCUT2D eigenvalue weighted by Gasteiger charge is 2.40. The number of esters is 1. The fraction of sp³-hybridized carbons (Fsp3) is 0.417. The number of rotatable bonds is 6. The first-order valence-corrected chi connectivity index (χ1v) is 11.0. The molecule has 1 saturated heterocycles. The van der Waals surface area contributed by atoms with Gasteiger partial charge in [-0.25, -0.2) is 22.8 Å². The quantitative estimate of drug-likeness (QED) is 0.149. The van der Waals surface area contributed by atoms with E-state index in [0.29, 0.717) is 0 Å². The fourth-order valence-electron chi connectivity index (χ4n) is 3.49. The molecule has 196 valence electrons. The van der Waals surface area contributed by atoms with Crippen molar-refractivity contribution in [1.29, 1.82) is 0 Å². The molecule has 0 spiro atoms. The molecule has 36 heavy (non-hydrogen) atoms. The Morgan fingerprint density at radius 2 is 1.53 bits per heavy atom. The molecule has 1 fully saturated rings. The van der Waals surface area contributed by atoms with Gasteiger partial charge < -0.3 is 9.47 Å². The highest BCUT2D eigenvalue weighted by molar-refractivity contribution is 5.83. The molecular formula is C24H25F5N2O5. The molecule has 0 saturated carbocycles. The molecule has 3 rings (SSSR count). The maximum atomic E-state index is 14.0. The molecule has 1 N–H and O–H groups in total. The second-order valence-corrected chi connectivity index (χ2v) is 9.14. The molecule has 12 heteroatoms. The number of amides is 1. The Morgan fingerprint density at radius 3 is 2.11 bits per heavy atom. The number of carbonyl (C=O) groups is 2. The van der Waals surface area contributed by atoms with Gasteiger partial charge in [-0.3, -0.25) is 9.74 Å². The number of nitrogens with zero attached hydrogens (tertiary/aromatic N) is 1. The Labute approximate surface area is 204 Å². The van der Waals surface area contributed by atoms with Crippen molar-refractivity contribution in [3.8, 4) is 5.75 Å². The summed E-state index contributed by atoms with van der Waals surface area (Å²) in [7, 11) is 0. The van der Waals surface area contributed by atoms with Gasteiger partial charge in [0.1, 0.15) is 11.6 Å². The van der Waals surface area contributed by atoms with E-state index in [4.69, 9.17) is 9.57 Å². The van der Waals surface area contributed by atoms with Crippen molar-refractivity contribution in [3.63, 3.8) is 0 Å². The summed E-state index contributed by atoms with van der Waals surface area (Å²) in [6, 6.07) is 7.35. The van der Waals surface area contributed by atoms with Gasteiger partial charge in [-0.15, -0.1) is 0 Å². The molecule has 7 nitrogen and oxygen atoms in total. The smallest absolute Gasteiger partial charge is 0.411 e. The maximum Gasteiger partial charge on any atom is 0.411 e. The Hall–Kier alpha value is -3.25. The summed E-state index contributed by atoms with van der Waals surface area (Å²) in [6.07, 6.45) is -0.749. The molecule has 2 atom stereocenters. The number of nitrogens with one attached hydrogen (secondary N) is 1. The van der Waals surface area contributed by atoms with Gasteiger partial charge in [-0.1, -0.05) is 30.3 Å². The monoisotopic (exact) mass is 516 g/mol. The van der Waals surface area contributed by atoms with Crippen LogP contribution in [0, 0.1) is 29.1 Å². The molecule has 2 aromatic rings. The van der Waals surface area contributed by atoms with E-state index in [1.807, 2.05) is 30.3 Å². The largest absolute Gasteiger partial charge is 0.444 e. The van der Waals surface area contributed by atoms with Gasteiger partial charge in [-0.05, 0) is 39.2 Å². The zero-order chi connectivity index (χ0) is 26.6. The number of halogens is 5. The third-order valence-corrected chi connectivity index (χ3v) is 5.19. The first kappa shape index (κ1) is 27.3. The minimum absolute atomic E-state index is 0.0696. The van der Waals surface area contributed by atoms with E-state index in [2.05, 4.69) is 10.2 Å². The number of piperidine rings is 1. The number of hydrogen-bond donors (Lipinski definition) is 1. The van der Waals surface area contributed by atoms with Crippen LogP contribution in [0.5, 0.6) is 5.75 Å². The maximum absolute atomic E-state index is 14.0. The van der Waals surface area contributed by atoms with Crippen LogP contribution in [0.2, 0.25) is 0 Å². The number of likely N-dealkylation sites (tertiary alicyclic amines) is 1. The summed E-state index contributed by atoms with van der Waals surface area (Å²) < 4.78 is 78.3. The molecular weight excluding hydrogens is 491 g/mol. The lowest BCUT2D eigenvalue weighted by atomic mass is 9.99. The molecule has 2 aromatic carbocycles. The van der Waals surface area contributed by atoms with Crippen molar-refractivity contribution in [3.05, 3.63) is 65.0 Å². The van der Waals surface area contributed by atoms with Crippen LogP contribution < -0.4 is 10.2 Å². The second kappa shape index (κ2) is 11.2. The van der Waals surface area contributed by atoms with Crippen molar-refractivity contribution >= 4 is 12.1 Å². The average molecular weight is 516 g/mol. The van der Waals surface area contributed by atoms with Crippen molar-refractivity contribution in [2.75, 3.05) is 6.54 Å². The van der Waals surface area contributed by atoms with Gasteiger partial charge in [-0.2, -0.15) is 14.3 Å². The number of carbonyl (C=O) groups excluding carboxylic acids is 2. The third kappa shape index (κ3) is 6.49. The van der Waals surface area contributed by atoms with Crippen LogP contribution in [0.25, 0.3) is 0 Å². The molecule has 1 aliphatic heterocycles. The van der Waals surface area contributed by atoms with Crippen LogP contribution in [-0.2, 0) is 21.0 Å². The third-order valence-electron chi connectivity index (χ3n) is 5.19. The van der Waals surface area contributed by atoms with E-state index < -0.39 is 64.6 Å². The molecule has 1 amide bonds. The van der Waals surface area contributed by atoms with Gasteiger partial charge in [0.2, 0.25) is 34.8 Å². The fourth-order valence-corrected chi connectivity index (χ4v) is 3.49. The predicted molar refractivity (Wildman–Crippen MR) is 116 cm³/mol. The van der Waals surface area contributed by atoms with E-state index in [1.54, 1.807) is 20.8 Å². The van der Waals surface area contributed by atoms with Gasteiger partial charge in [0, 0.05) is 6.54 Å². The topological polar surface area (TPSA) is 77.1 Å². The minimum Gasteiger partial charge on any atom is -0.444 e. The van der Waals surface area contributed by atoms with E-state index in [-0.39, 0.29) is 26.0 Å². The van der Waals surface area contributed by atoms with Gasteiger partial charge >= 0.3 is 12.1 Å². The lowest BCUT2D eigenvalue weighted by Crippen LogP contribution is -2.57. The summed E-state index contributed by atoms with van der Waals surface area (Å²) in [4.78, 5) is 32.0. The molecule has 0 radical (unpaired) electrons. The number of hydrogen-bond acceptors (Lipinski definition) is 6. The SMILES string of the molecule is CC(C)(C)OC(=O)N1C[C@H](NOCc2ccccc2)CC[C@H]1C(=O)Oc1c(F)c(F)c(F)c(F)c1F. The lowest BCUT2D eigenvalue weighted by Gasteiger charge is -2.38. The predicted octanol–water partition coefficient (Wildman–Crippen LogP) is 4.78. The highest BCUT2D eigenvalue weighted by atomic mass is 19.2. The van der Waals surface area contributed by atoms with Crippen molar-refractivity contribution in [2.24, 2.45) is 0 Å². The van der Waals surface area contributed by atoms with Crippen molar-refractivity contribution < 1.29 is 45.9 Å². The van der Waals surface area contributed by atoms with E-state index in [9.17, 15) is 31.5 Å². The summed E-state index contributed by atoms with van der Waals surface area (Å²) >= 11 is 0. The molecule has 1 heterocycles. The standard InChI is InChI=1S/C24H25F5N2O5/c1-24(2,3)36-23(33)31-11-14(30-34-12-13-7-5-4-6-8-13)9-10-15(31)22(32)35-21-19(28)17(26)16(25)18(27)20(21)29/h4-8,14-15,30H,9-12H2,1-3H3/t14-,15+/m1/s1. The zero-order valence-corrected chi connectivity index (χ0v) is 19.7. The van der Waals surface area contributed by atoms with Crippen LogP contribution in [0.15, 0.2) is 30.3 Å². The molecule has 0 unspecified atom stereocenters. The number of hydroxylamine groups is 1. The summed E-state index contributed by atoms with van der Waals surface area (Å²) in [5.74, 6) is -14.6.